The lowest BCUT2D eigenvalue weighted by Crippen LogP contribution is -1.41. The zero-order valence-electron chi connectivity index (χ0n) is 28.6. The summed E-state index contributed by atoms with van der Waals surface area (Å²) >= 11 is 9.65. The van der Waals surface area contributed by atoms with E-state index in [1.807, 2.05) is 480 Å². The normalized spacial score (nSPS) is 7.83. The van der Waals surface area contributed by atoms with Crippen LogP contribution in [-0.4, -0.2) is 0 Å². The van der Waals surface area contributed by atoms with Crippen molar-refractivity contribution >= 4 is 626 Å². The molecule has 420 valence electrons. The molecule has 0 heterocycles. The maximum Gasteiger partial charge on any atom is 0 e. The van der Waals surface area contributed by atoms with E-state index in [-0.39, 0.29) is 0 Å². The van der Waals surface area contributed by atoms with Gasteiger partial charge in [0.25, 0.3) is 0 Å². The van der Waals surface area contributed by atoms with Gasteiger partial charge in [0, 0.05) is 626 Å². The van der Waals surface area contributed by atoms with E-state index in [1.54, 1.807) is 107 Å². The van der Waals surface area contributed by atoms with Crippen molar-refractivity contribution in [3.05, 3.63) is 0 Å². The molecule has 0 amide bonds. The molecule has 0 aliphatic carbocycles. The first-order chi connectivity index (χ1) is 34.9. The summed E-state index contributed by atoms with van der Waals surface area (Å²) in [5.74, 6) is 0. The summed E-state index contributed by atoms with van der Waals surface area (Å²) in [6.45, 7) is 0. The molecular formula is S70. The largest absolute Gasteiger partial charge is 0 e. The van der Waals surface area contributed by atoms with Gasteiger partial charge in [-0.3, -0.25) is 0 Å². The first-order valence-electron chi connectivity index (χ1n) is 11.5. The summed E-state index contributed by atoms with van der Waals surface area (Å²) < 4.78 is 0. The van der Waals surface area contributed by atoms with Crippen molar-refractivity contribution in [1.82, 2.24) is 0 Å². The van der Waals surface area contributed by atoms with E-state index in [4.69, 9.17) is 22.4 Å². The molecule has 70 heavy (non-hydrogen) atoms. The van der Waals surface area contributed by atoms with Gasteiger partial charge in [0.2, 0.25) is 0 Å². The maximum atomic E-state index is 4.82. The van der Waals surface area contributed by atoms with Crippen LogP contribution in [0, 0.1) is 0 Å². The fourth-order valence-corrected chi connectivity index (χ4v) is 182. The van der Waals surface area contributed by atoms with E-state index in [0.29, 0.717) is 0 Å². The Kier molecular flexibility index (Phi) is 103. The van der Waals surface area contributed by atoms with Crippen LogP contribution in [0.1, 0.15) is 0 Å². The Bertz CT molecular complexity index is 4850. The zero-order chi connectivity index (χ0) is 50.1. The Morgan fingerprint density at radius 3 is 0.157 bits per heavy atom. The SMILES string of the molecule is S=S=S=S=S=S=S=S=S=S=S=S=S=S=S=S=S=S=S=S=S=S=S=S=S=S=S=S=S=S=S=S=S=S=S=S=S=S=S=S=S=S=S=S=S=S=S=S=S=S=S=S=S=S=S=S=S=S=S=S=S=S=S=S=S=S=S=S=S=S. The lowest BCUT2D eigenvalue weighted by atomic mass is 30.7. The molecule has 0 aromatic rings. The van der Waals surface area contributed by atoms with Gasteiger partial charge in [0.05, 0.1) is 0 Å². The summed E-state index contributed by atoms with van der Waals surface area (Å²) in [5, 5.41) is 0. The second kappa shape index (κ2) is 84.4. The summed E-state index contributed by atoms with van der Waals surface area (Å²) in [4.78, 5) is 0. The quantitative estimate of drug-likeness (QED) is 0.331. The predicted octanol–water partition coefficient (Wildman–Crippen LogP) is -0.168. The molecule has 0 aliphatic rings. The number of hydrogen-bond acceptors (Lipinski definition) is 2. The molecule has 0 fully saturated rings. The van der Waals surface area contributed by atoms with Crippen LogP contribution in [0.3, 0.4) is 0 Å². The fraction of sp³-hybridized carbons (Fsp3) is 0. The topological polar surface area (TPSA) is 0 Å². The first kappa shape index (κ1) is 85.4. The Morgan fingerprint density at radius 1 is 0.0714 bits per heavy atom. The molecular weight excluding hydrogens is 2240 g/mol. The third-order valence-corrected chi connectivity index (χ3v) is 151. The molecule has 0 rings (SSSR count). The highest BCUT2D eigenvalue weighted by molar-refractivity contribution is 8.84. The standard InChI is InChI=1S/S70/c1-3-5-7-9-11-13-15-17-19-21-23-25-27-29-31-33-35-37-39-41-43-45-47-49-51-53-55-57-59-61-63-65-67-69-70-68-66-64-62-60-58-56-54-52-50-48-46-44-42-40-38-36-34-32-30-28-26-24-22-20-18-16-14-12-10-8-6-4-2. The van der Waals surface area contributed by atoms with Crippen LogP contribution < -0.4 is 0 Å². The summed E-state index contributed by atoms with van der Waals surface area (Å²) in [6.07, 6.45) is 0. The van der Waals surface area contributed by atoms with Crippen molar-refractivity contribution in [3.8, 4) is 0 Å². The van der Waals surface area contributed by atoms with Gasteiger partial charge in [-0.2, -0.15) is 0 Å². The van der Waals surface area contributed by atoms with E-state index >= 15 is 0 Å². The highest BCUT2D eigenvalue weighted by Crippen LogP contribution is 1.47. The minimum absolute atomic E-state index is 1.37. The Morgan fingerprint density at radius 2 is 0.114 bits per heavy atom. The van der Waals surface area contributed by atoms with Gasteiger partial charge in [-0.05, 0) is 0 Å². The van der Waals surface area contributed by atoms with Gasteiger partial charge in [-0.1, -0.05) is 0 Å². The van der Waals surface area contributed by atoms with E-state index in [1.165, 1.54) is 17.8 Å². The highest BCUT2D eigenvalue weighted by atomic mass is 33.5. The summed E-state index contributed by atoms with van der Waals surface area (Å²) in [6, 6.07) is 0. The van der Waals surface area contributed by atoms with Crippen molar-refractivity contribution in [3.63, 3.8) is 0 Å². The summed E-state index contributed by atoms with van der Waals surface area (Å²) in [7, 11) is 122. The Labute approximate surface area is 606 Å². The minimum atomic E-state index is 1.37. The molecule has 0 atom stereocenters. The smallest absolute Gasteiger partial charge is 0 e. The van der Waals surface area contributed by atoms with Gasteiger partial charge < -0.3 is 0 Å². The molecule has 0 saturated heterocycles. The van der Waals surface area contributed by atoms with E-state index < -0.39 is 0 Å². The van der Waals surface area contributed by atoms with Crippen LogP contribution in [0.25, 0.3) is 0 Å². The maximum absolute atomic E-state index is 4.82. The third kappa shape index (κ3) is 83.4. The van der Waals surface area contributed by atoms with Crippen LogP contribution in [0.15, 0.2) is 0 Å². The molecule has 0 saturated carbocycles. The fourth-order valence-electron chi connectivity index (χ4n) is 0.748. The lowest BCUT2D eigenvalue weighted by molar-refractivity contribution is 5.95. The molecule has 0 bridgehead atoms. The second-order valence-corrected chi connectivity index (χ2v) is 125. The van der Waals surface area contributed by atoms with Crippen molar-refractivity contribution < 1.29 is 0 Å². The van der Waals surface area contributed by atoms with Gasteiger partial charge in [0.15, 0.2) is 0 Å². The molecule has 0 aliphatic heterocycles. The monoisotopic (exact) mass is 2240 g/mol. The lowest BCUT2D eigenvalue weighted by Gasteiger charge is -1.41. The van der Waals surface area contributed by atoms with Crippen molar-refractivity contribution in [2.75, 3.05) is 0 Å². The highest BCUT2D eigenvalue weighted by Gasteiger charge is 1.48. The van der Waals surface area contributed by atoms with E-state index in [2.05, 4.69) is 0 Å². The van der Waals surface area contributed by atoms with E-state index in [9.17, 15) is 0 Å². The van der Waals surface area contributed by atoms with Crippen LogP contribution in [0.2, 0.25) is 0 Å². The van der Waals surface area contributed by atoms with Crippen LogP contribution in [-0.2, 0) is 626 Å². The van der Waals surface area contributed by atoms with E-state index in [0.717, 1.165) is 0 Å². The molecule has 70 heteroatoms. The number of rotatable bonds is 0. The Hall–Kier alpha value is 15.4. The summed E-state index contributed by atoms with van der Waals surface area (Å²) in [5.41, 5.74) is 0. The first-order valence-corrected chi connectivity index (χ1v) is 103. The molecule has 0 N–H and O–H groups in total. The molecule has 0 aromatic heterocycles. The van der Waals surface area contributed by atoms with Crippen molar-refractivity contribution in [2.45, 2.75) is 0 Å². The van der Waals surface area contributed by atoms with Gasteiger partial charge in [-0.15, -0.1) is 0 Å². The number of hydrogen-bond donors (Lipinski definition) is 0. The predicted molar refractivity (Wildman–Crippen MR) is 516 cm³/mol. The molecule has 0 radical (unpaired) electrons. The second-order valence-electron chi connectivity index (χ2n) is 4.63. The average Bonchev–Trinajstić information content (AvgIpc) is 3.37. The third-order valence-electron chi connectivity index (χ3n) is 1.86. The van der Waals surface area contributed by atoms with Crippen molar-refractivity contribution in [1.29, 1.82) is 0 Å². The van der Waals surface area contributed by atoms with Gasteiger partial charge in [-0.25, -0.2) is 0 Å². The molecule has 0 spiro atoms. The van der Waals surface area contributed by atoms with Gasteiger partial charge >= 0.3 is 0 Å². The Balaban J connectivity index is 6.14. The molecule has 0 nitrogen and oxygen atoms in total. The minimum Gasteiger partial charge on any atom is 0 e. The zero-order valence-corrected chi connectivity index (χ0v) is 85.7. The van der Waals surface area contributed by atoms with Crippen LogP contribution in [0.4, 0.5) is 0 Å². The average molecular weight is 2240 g/mol. The molecule has 0 unspecified atom stereocenters. The molecule has 0 aromatic carbocycles. The van der Waals surface area contributed by atoms with Crippen molar-refractivity contribution in [2.24, 2.45) is 0 Å². The van der Waals surface area contributed by atoms with Gasteiger partial charge in [0.1, 0.15) is 0 Å². The van der Waals surface area contributed by atoms with Crippen LogP contribution in [0.5, 0.6) is 0 Å². The van der Waals surface area contributed by atoms with Crippen LogP contribution >= 0.6 is 0 Å².